The zero-order valence-electron chi connectivity index (χ0n) is 14.4. The molecule has 0 saturated heterocycles. The summed E-state index contributed by atoms with van der Waals surface area (Å²) in [5.74, 6) is -1.27. The number of unbranched alkanes of at least 4 members (excludes halogenated alkanes) is 1. The Morgan fingerprint density at radius 1 is 1.33 bits per heavy atom. The van der Waals surface area contributed by atoms with Gasteiger partial charge in [-0.3, -0.25) is 9.89 Å². The van der Waals surface area contributed by atoms with Gasteiger partial charge in [-0.05, 0) is 25.0 Å². The lowest BCUT2D eigenvalue weighted by atomic mass is 10.2. The molecule has 1 aromatic carbocycles. The third-order valence-corrected chi connectivity index (χ3v) is 4.57. The van der Waals surface area contributed by atoms with Crippen molar-refractivity contribution in [3.8, 4) is 6.07 Å². The highest BCUT2D eigenvalue weighted by molar-refractivity contribution is 9.10. The van der Waals surface area contributed by atoms with Crippen LogP contribution < -0.4 is 10.9 Å². The zero-order chi connectivity index (χ0) is 19.6. The first-order valence-electron chi connectivity index (χ1n) is 8.36. The second-order valence-corrected chi connectivity index (χ2v) is 6.94. The SMILES string of the molecule is CCCCc1cc(=O)n2[nH]c(NCc3c(F)cc(Br)cc3F)c(C#N)c2n1. The second kappa shape index (κ2) is 7.88. The number of anilines is 1. The van der Waals surface area contributed by atoms with Crippen LogP contribution in [0.3, 0.4) is 0 Å². The number of H-pyrrole nitrogens is 1. The first kappa shape index (κ1) is 19.0. The Hall–Kier alpha value is -2.73. The zero-order valence-corrected chi connectivity index (χ0v) is 16.0. The molecule has 0 spiro atoms. The highest BCUT2D eigenvalue weighted by Gasteiger charge is 2.17. The van der Waals surface area contributed by atoms with Crippen molar-refractivity contribution in [3.63, 3.8) is 0 Å². The van der Waals surface area contributed by atoms with Crippen LogP contribution in [0.2, 0.25) is 0 Å². The van der Waals surface area contributed by atoms with Crippen molar-refractivity contribution >= 4 is 27.4 Å². The molecule has 2 heterocycles. The summed E-state index contributed by atoms with van der Waals surface area (Å²) in [6.07, 6.45) is 2.47. The van der Waals surface area contributed by atoms with Crippen molar-refractivity contribution in [2.75, 3.05) is 5.32 Å². The molecule has 2 N–H and O–H groups in total. The van der Waals surface area contributed by atoms with Gasteiger partial charge in [0.1, 0.15) is 29.1 Å². The molecule has 0 aliphatic rings. The van der Waals surface area contributed by atoms with Crippen LogP contribution in [0.15, 0.2) is 27.5 Å². The van der Waals surface area contributed by atoms with E-state index in [1.165, 1.54) is 6.07 Å². The maximum atomic E-state index is 14.0. The van der Waals surface area contributed by atoms with E-state index in [1.54, 1.807) is 0 Å². The molecule has 0 unspecified atom stereocenters. The number of nitrogens with zero attached hydrogens (tertiary/aromatic N) is 3. The maximum Gasteiger partial charge on any atom is 0.272 e. The van der Waals surface area contributed by atoms with E-state index < -0.39 is 11.6 Å². The van der Waals surface area contributed by atoms with E-state index in [9.17, 15) is 18.8 Å². The van der Waals surface area contributed by atoms with Crippen LogP contribution in [0.1, 0.15) is 36.6 Å². The largest absolute Gasteiger partial charge is 0.365 e. The minimum absolute atomic E-state index is 0.114. The third kappa shape index (κ3) is 3.85. The molecule has 0 aliphatic heterocycles. The monoisotopic (exact) mass is 435 g/mol. The quantitative estimate of drug-likeness (QED) is 0.614. The predicted molar refractivity (Wildman–Crippen MR) is 101 cm³/mol. The van der Waals surface area contributed by atoms with E-state index in [0.717, 1.165) is 29.5 Å². The molecule has 0 radical (unpaired) electrons. The van der Waals surface area contributed by atoms with Crippen LogP contribution in [0.5, 0.6) is 0 Å². The van der Waals surface area contributed by atoms with Gasteiger partial charge in [0, 0.05) is 28.3 Å². The molecule has 6 nitrogen and oxygen atoms in total. The molecule has 0 saturated carbocycles. The molecule has 3 aromatic rings. The third-order valence-electron chi connectivity index (χ3n) is 4.12. The molecule has 0 amide bonds. The predicted octanol–water partition coefficient (Wildman–Crippen LogP) is 3.89. The van der Waals surface area contributed by atoms with E-state index in [2.05, 4.69) is 31.3 Å². The maximum absolute atomic E-state index is 14.0. The number of aromatic amines is 1. The Kier molecular flexibility index (Phi) is 5.56. The number of nitrogens with one attached hydrogen (secondary N) is 2. The molecule has 3 rings (SSSR count). The van der Waals surface area contributed by atoms with Crippen LogP contribution in [0.4, 0.5) is 14.6 Å². The Labute approximate surface area is 162 Å². The van der Waals surface area contributed by atoms with Gasteiger partial charge in [-0.1, -0.05) is 29.3 Å². The van der Waals surface area contributed by atoms with Crippen molar-refractivity contribution in [1.29, 1.82) is 5.26 Å². The molecule has 0 aliphatic carbocycles. The smallest absolute Gasteiger partial charge is 0.272 e. The minimum atomic E-state index is -0.721. The van der Waals surface area contributed by atoms with Crippen molar-refractivity contribution in [1.82, 2.24) is 14.6 Å². The molecule has 9 heteroatoms. The summed E-state index contributed by atoms with van der Waals surface area (Å²) in [5, 5.41) is 15.0. The minimum Gasteiger partial charge on any atom is -0.365 e. The van der Waals surface area contributed by atoms with Crippen LogP contribution in [0, 0.1) is 23.0 Å². The van der Waals surface area contributed by atoms with E-state index in [4.69, 9.17) is 0 Å². The van der Waals surface area contributed by atoms with Gasteiger partial charge in [0.15, 0.2) is 5.65 Å². The summed E-state index contributed by atoms with van der Waals surface area (Å²) in [4.78, 5) is 16.7. The average Bonchev–Trinajstić information content (AvgIpc) is 2.97. The van der Waals surface area contributed by atoms with Crippen molar-refractivity contribution in [2.24, 2.45) is 0 Å². The number of rotatable bonds is 6. The Morgan fingerprint density at radius 3 is 2.67 bits per heavy atom. The van der Waals surface area contributed by atoms with Gasteiger partial charge in [-0.15, -0.1) is 0 Å². The van der Waals surface area contributed by atoms with Crippen molar-refractivity contribution in [2.45, 2.75) is 32.7 Å². The molecule has 0 atom stereocenters. The van der Waals surface area contributed by atoms with Crippen molar-refractivity contribution < 1.29 is 8.78 Å². The Balaban J connectivity index is 1.97. The standard InChI is InChI=1S/C18H16BrF2N5O/c1-2-3-4-11-7-16(27)26-18(24-11)12(8-22)17(25-26)23-9-13-14(20)5-10(19)6-15(13)21/h5-7,23,25H,2-4,9H2,1H3. The lowest BCUT2D eigenvalue weighted by molar-refractivity contribution is 0.558. The van der Waals surface area contributed by atoms with E-state index in [1.807, 2.05) is 13.0 Å². The fraction of sp³-hybridized carbons (Fsp3) is 0.278. The second-order valence-electron chi connectivity index (χ2n) is 6.02. The first-order valence-corrected chi connectivity index (χ1v) is 9.16. The summed E-state index contributed by atoms with van der Waals surface area (Å²) in [7, 11) is 0. The van der Waals surface area contributed by atoms with E-state index >= 15 is 0 Å². The summed E-state index contributed by atoms with van der Waals surface area (Å²) in [5.41, 5.74) is 0.383. The molecular weight excluding hydrogens is 420 g/mol. The van der Waals surface area contributed by atoms with Gasteiger partial charge in [-0.25, -0.2) is 13.8 Å². The Morgan fingerprint density at radius 2 is 2.04 bits per heavy atom. The van der Waals surface area contributed by atoms with E-state index in [-0.39, 0.29) is 34.7 Å². The molecule has 2 aromatic heterocycles. The van der Waals surface area contributed by atoms with Crippen molar-refractivity contribution in [3.05, 3.63) is 61.5 Å². The lowest BCUT2D eigenvalue weighted by Crippen LogP contribution is -2.16. The van der Waals surface area contributed by atoms with Crippen LogP contribution in [-0.4, -0.2) is 14.6 Å². The number of hydrogen-bond donors (Lipinski definition) is 2. The van der Waals surface area contributed by atoms with Gasteiger partial charge in [-0.2, -0.15) is 9.78 Å². The fourth-order valence-electron chi connectivity index (χ4n) is 2.72. The highest BCUT2D eigenvalue weighted by atomic mass is 79.9. The average molecular weight is 436 g/mol. The molecule has 0 bridgehead atoms. The van der Waals surface area contributed by atoms with Crippen LogP contribution >= 0.6 is 15.9 Å². The summed E-state index contributed by atoms with van der Waals surface area (Å²) < 4.78 is 29.4. The molecular formula is C18H16BrF2N5O. The summed E-state index contributed by atoms with van der Waals surface area (Å²) in [6.45, 7) is 1.83. The van der Waals surface area contributed by atoms with Gasteiger partial charge >= 0.3 is 0 Å². The number of benzene rings is 1. The summed E-state index contributed by atoms with van der Waals surface area (Å²) in [6, 6.07) is 5.72. The molecule has 140 valence electrons. The van der Waals surface area contributed by atoms with Crippen LogP contribution in [0.25, 0.3) is 5.65 Å². The van der Waals surface area contributed by atoms with Gasteiger partial charge in [0.05, 0.1) is 0 Å². The van der Waals surface area contributed by atoms with E-state index in [0.29, 0.717) is 16.6 Å². The van der Waals surface area contributed by atoms with Gasteiger partial charge in [0.25, 0.3) is 5.56 Å². The first-order chi connectivity index (χ1) is 12.9. The number of halogens is 3. The molecule has 27 heavy (non-hydrogen) atoms. The Bertz CT molecular complexity index is 1080. The van der Waals surface area contributed by atoms with Gasteiger partial charge in [0.2, 0.25) is 0 Å². The number of aryl methyl sites for hydroxylation is 1. The molecule has 0 fully saturated rings. The fourth-order valence-corrected chi connectivity index (χ4v) is 3.12. The summed E-state index contributed by atoms with van der Waals surface area (Å²) >= 11 is 3.03. The number of hydrogen-bond acceptors (Lipinski definition) is 4. The lowest BCUT2D eigenvalue weighted by Gasteiger charge is -2.07. The van der Waals surface area contributed by atoms with Gasteiger partial charge < -0.3 is 5.32 Å². The highest BCUT2D eigenvalue weighted by Crippen LogP contribution is 2.22. The normalized spacial score (nSPS) is 10.9. The van der Waals surface area contributed by atoms with Crippen LogP contribution in [-0.2, 0) is 13.0 Å². The topological polar surface area (TPSA) is 86.0 Å². The number of aromatic nitrogens is 3. The number of fused-ring (bicyclic) bond motifs is 1. The number of nitriles is 1.